The summed E-state index contributed by atoms with van der Waals surface area (Å²) < 4.78 is 13.8. The van der Waals surface area contributed by atoms with Crippen molar-refractivity contribution in [2.75, 3.05) is 11.4 Å². The number of nitrogens with zero attached hydrogens (tertiary/aromatic N) is 1. The highest BCUT2D eigenvalue weighted by Crippen LogP contribution is 2.30. The standard InChI is InChI=1S/C13H14ClFN2O2/c1-2-4-10-13(19)17(7-11(18)16-10)12-8(14)5-3-6-9(12)15/h3,5-6,10H,2,4,7H2,1H3,(H,16,18). The number of rotatable bonds is 3. The Morgan fingerprint density at radius 3 is 2.84 bits per heavy atom. The lowest BCUT2D eigenvalue weighted by atomic mass is 10.1. The fourth-order valence-electron chi connectivity index (χ4n) is 2.13. The first-order chi connectivity index (χ1) is 9.04. The Hall–Kier alpha value is -1.62. The summed E-state index contributed by atoms with van der Waals surface area (Å²) in [6, 6.07) is 3.56. The molecule has 0 aliphatic carbocycles. The number of amides is 2. The lowest BCUT2D eigenvalue weighted by Crippen LogP contribution is -2.58. The number of halogens is 2. The molecule has 2 rings (SSSR count). The van der Waals surface area contributed by atoms with E-state index in [-0.39, 0.29) is 29.1 Å². The Kier molecular flexibility index (Phi) is 4.04. The zero-order valence-electron chi connectivity index (χ0n) is 10.5. The van der Waals surface area contributed by atoms with Crippen LogP contribution in [0.25, 0.3) is 0 Å². The van der Waals surface area contributed by atoms with Crippen LogP contribution >= 0.6 is 11.6 Å². The Balaban J connectivity index is 2.37. The first-order valence-corrected chi connectivity index (χ1v) is 6.47. The van der Waals surface area contributed by atoms with E-state index in [1.54, 1.807) is 0 Å². The Labute approximate surface area is 115 Å². The maximum absolute atomic E-state index is 13.8. The highest BCUT2D eigenvalue weighted by Gasteiger charge is 2.34. The summed E-state index contributed by atoms with van der Waals surface area (Å²) in [5.41, 5.74) is -0.0230. The summed E-state index contributed by atoms with van der Waals surface area (Å²) in [4.78, 5) is 25.0. The Morgan fingerprint density at radius 2 is 2.21 bits per heavy atom. The minimum absolute atomic E-state index is 0.0230. The molecule has 0 radical (unpaired) electrons. The largest absolute Gasteiger partial charge is 0.343 e. The van der Waals surface area contributed by atoms with Gasteiger partial charge in [-0.25, -0.2) is 4.39 Å². The molecule has 1 fully saturated rings. The van der Waals surface area contributed by atoms with Crippen molar-refractivity contribution < 1.29 is 14.0 Å². The van der Waals surface area contributed by atoms with Gasteiger partial charge in [-0.05, 0) is 18.6 Å². The number of hydrogen-bond donors (Lipinski definition) is 1. The lowest BCUT2D eigenvalue weighted by Gasteiger charge is -2.33. The summed E-state index contributed by atoms with van der Waals surface area (Å²) in [6.45, 7) is 1.70. The molecule has 6 heteroatoms. The monoisotopic (exact) mass is 284 g/mol. The summed E-state index contributed by atoms with van der Waals surface area (Å²) in [6.07, 6.45) is 1.27. The lowest BCUT2D eigenvalue weighted by molar-refractivity contribution is -0.131. The third-order valence-corrected chi connectivity index (χ3v) is 3.29. The van der Waals surface area contributed by atoms with E-state index < -0.39 is 11.9 Å². The van der Waals surface area contributed by atoms with Crippen molar-refractivity contribution in [3.05, 3.63) is 29.0 Å². The number of carbonyl (C=O) groups excluding carboxylic acids is 2. The molecule has 102 valence electrons. The SMILES string of the molecule is CCCC1NC(=O)CN(c2c(F)cccc2Cl)C1=O. The molecule has 0 aromatic heterocycles. The van der Waals surface area contributed by atoms with Crippen molar-refractivity contribution in [3.8, 4) is 0 Å². The molecular formula is C13H14ClFN2O2. The van der Waals surface area contributed by atoms with Gasteiger partial charge in [0.1, 0.15) is 18.4 Å². The van der Waals surface area contributed by atoms with Crippen LogP contribution < -0.4 is 10.2 Å². The van der Waals surface area contributed by atoms with E-state index >= 15 is 0 Å². The number of para-hydroxylation sites is 1. The summed E-state index contributed by atoms with van der Waals surface area (Å²) >= 11 is 5.94. The molecule has 1 saturated heterocycles. The molecule has 1 atom stereocenters. The molecule has 0 bridgehead atoms. The average Bonchev–Trinajstić information content (AvgIpc) is 2.34. The number of nitrogens with one attached hydrogen (secondary N) is 1. The van der Waals surface area contributed by atoms with Gasteiger partial charge in [0.25, 0.3) is 0 Å². The van der Waals surface area contributed by atoms with Crippen molar-refractivity contribution >= 4 is 29.1 Å². The van der Waals surface area contributed by atoms with Gasteiger partial charge in [-0.3, -0.25) is 14.5 Å². The van der Waals surface area contributed by atoms with Crippen molar-refractivity contribution in [1.82, 2.24) is 5.32 Å². The third-order valence-electron chi connectivity index (χ3n) is 2.99. The molecule has 1 aliphatic rings. The predicted molar refractivity (Wildman–Crippen MR) is 70.6 cm³/mol. The Morgan fingerprint density at radius 1 is 1.47 bits per heavy atom. The fraction of sp³-hybridized carbons (Fsp3) is 0.385. The third kappa shape index (κ3) is 2.71. The van der Waals surface area contributed by atoms with Crippen molar-refractivity contribution in [2.45, 2.75) is 25.8 Å². The fourth-order valence-corrected chi connectivity index (χ4v) is 2.40. The van der Waals surface area contributed by atoms with Crippen LogP contribution in [0.5, 0.6) is 0 Å². The van der Waals surface area contributed by atoms with E-state index in [0.29, 0.717) is 6.42 Å². The van der Waals surface area contributed by atoms with Crippen LogP contribution in [0.2, 0.25) is 5.02 Å². The van der Waals surface area contributed by atoms with Gasteiger partial charge >= 0.3 is 0 Å². The highest BCUT2D eigenvalue weighted by molar-refractivity contribution is 6.34. The normalized spacial score (nSPS) is 19.5. The topological polar surface area (TPSA) is 49.4 Å². The van der Waals surface area contributed by atoms with Crippen LogP contribution in [0.15, 0.2) is 18.2 Å². The second kappa shape index (κ2) is 5.57. The van der Waals surface area contributed by atoms with Gasteiger partial charge in [0, 0.05) is 0 Å². The van der Waals surface area contributed by atoms with Crippen molar-refractivity contribution in [3.63, 3.8) is 0 Å². The minimum Gasteiger partial charge on any atom is -0.343 e. The minimum atomic E-state index is -0.609. The molecular weight excluding hydrogens is 271 g/mol. The van der Waals surface area contributed by atoms with E-state index in [1.807, 2.05) is 6.92 Å². The van der Waals surface area contributed by atoms with E-state index in [2.05, 4.69) is 5.32 Å². The second-order valence-electron chi connectivity index (χ2n) is 4.40. The second-order valence-corrected chi connectivity index (χ2v) is 4.81. The highest BCUT2D eigenvalue weighted by atomic mass is 35.5. The zero-order chi connectivity index (χ0) is 14.0. The van der Waals surface area contributed by atoms with Gasteiger partial charge in [-0.2, -0.15) is 0 Å². The molecule has 0 saturated carbocycles. The van der Waals surface area contributed by atoms with Crippen LogP contribution in [-0.2, 0) is 9.59 Å². The van der Waals surface area contributed by atoms with Crippen LogP contribution in [0, 0.1) is 5.82 Å². The van der Waals surface area contributed by atoms with Gasteiger partial charge < -0.3 is 5.32 Å². The summed E-state index contributed by atoms with van der Waals surface area (Å²) in [5, 5.41) is 2.73. The van der Waals surface area contributed by atoms with Gasteiger partial charge in [-0.15, -0.1) is 0 Å². The maximum atomic E-state index is 13.8. The first-order valence-electron chi connectivity index (χ1n) is 6.09. The van der Waals surface area contributed by atoms with E-state index in [0.717, 1.165) is 11.3 Å². The van der Waals surface area contributed by atoms with Crippen molar-refractivity contribution in [1.29, 1.82) is 0 Å². The van der Waals surface area contributed by atoms with Crippen molar-refractivity contribution in [2.24, 2.45) is 0 Å². The molecule has 19 heavy (non-hydrogen) atoms. The van der Waals surface area contributed by atoms with Gasteiger partial charge in [-0.1, -0.05) is 31.0 Å². The van der Waals surface area contributed by atoms with E-state index in [1.165, 1.54) is 18.2 Å². The van der Waals surface area contributed by atoms with Gasteiger partial charge in [0.15, 0.2) is 0 Å². The first kappa shape index (κ1) is 13.8. The smallest absolute Gasteiger partial charge is 0.250 e. The van der Waals surface area contributed by atoms with Gasteiger partial charge in [0.2, 0.25) is 11.8 Å². The quantitative estimate of drug-likeness (QED) is 0.924. The van der Waals surface area contributed by atoms with Crippen LogP contribution in [0.1, 0.15) is 19.8 Å². The molecule has 0 spiro atoms. The number of piperazine rings is 1. The number of benzene rings is 1. The number of hydrogen-bond acceptors (Lipinski definition) is 2. The molecule has 2 amide bonds. The molecule has 1 aromatic rings. The number of anilines is 1. The maximum Gasteiger partial charge on any atom is 0.250 e. The van der Waals surface area contributed by atoms with Crippen LogP contribution in [0.4, 0.5) is 10.1 Å². The number of carbonyl (C=O) groups is 2. The summed E-state index contributed by atoms with van der Waals surface area (Å²) in [5.74, 6) is -1.24. The molecule has 1 unspecified atom stereocenters. The van der Waals surface area contributed by atoms with E-state index in [9.17, 15) is 14.0 Å². The molecule has 1 aromatic carbocycles. The average molecular weight is 285 g/mol. The molecule has 1 N–H and O–H groups in total. The van der Waals surface area contributed by atoms with Gasteiger partial charge in [0.05, 0.1) is 10.7 Å². The molecule has 1 aliphatic heterocycles. The summed E-state index contributed by atoms with van der Waals surface area (Å²) in [7, 11) is 0. The van der Waals surface area contributed by atoms with Crippen LogP contribution in [0.3, 0.4) is 0 Å². The zero-order valence-corrected chi connectivity index (χ0v) is 11.2. The molecule has 4 nitrogen and oxygen atoms in total. The van der Waals surface area contributed by atoms with E-state index in [4.69, 9.17) is 11.6 Å². The molecule has 1 heterocycles. The Bertz CT molecular complexity index is 501. The van der Waals surface area contributed by atoms with Crippen LogP contribution in [-0.4, -0.2) is 24.4 Å². The predicted octanol–water partition coefficient (Wildman–Crippen LogP) is 2.11.